The lowest BCUT2D eigenvalue weighted by atomic mass is 9.78. The van der Waals surface area contributed by atoms with Crippen LogP contribution in [0, 0.1) is 18.8 Å². The molecule has 1 aromatic heterocycles. The van der Waals surface area contributed by atoms with Crippen LogP contribution in [0.15, 0.2) is 24.3 Å². The molecule has 1 aromatic carbocycles. The van der Waals surface area contributed by atoms with Gasteiger partial charge in [-0.15, -0.1) is 0 Å². The number of fused-ring (bicyclic) bond motifs is 1. The molecule has 2 aromatic rings. The van der Waals surface area contributed by atoms with Crippen molar-refractivity contribution in [3.8, 4) is 0 Å². The van der Waals surface area contributed by atoms with Crippen molar-refractivity contribution >= 4 is 39.7 Å². The highest BCUT2D eigenvalue weighted by Crippen LogP contribution is 2.30. The fourth-order valence-corrected chi connectivity index (χ4v) is 5.04. The maximum atomic E-state index is 5.63. The molecule has 6 heteroatoms. The van der Waals surface area contributed by atoms with Crippen molar-refractivity contribution in [2.45, 2.75) is 46.1 Å². The summed E-state index contributed by atoms with van der Waals surface area (Å²) in [5.74, 6) is 2.49. The van der Waals surface area contributed by atoms with Crippen molar-refractivity contribution in [3.05, 3.63) is 29.8 Å². The minimum Gasteiger partial charge on any atom is -0.359 e. The Morgan fingerprint density at radius 2 is 1.87 bits per heavy atom. The van der Waals surface area contributed by atoms with E-state index in [0.29, 0.717) is 12.0 Å². The fourth-order valence-electron chi connectivity index (χ4n) is 4.77. The summed E-state index contributed by atoms with van der Waals surface area (Å²) >= 11 is 5.63. The van der Waals surface area contributed by atoms with Crippen molar-refractivity contribution in [2.75, 3.05) is 43.4 Å². The molecule has 1 aliphatic carbocycles. The van der Waals surface area contributed by atoms with Gasteiger partial charge in [-0.2, -0.15) is 0 Å². The number of aromatic nitrogens is 1. The van der Waals surface area contributed by atoms with Crippen molar-refractivity contribution in [1.29, 1.82) is 0 Å². The van der Waals surface area contributed by atoms with Crippen LogP contribution in [0.4, 0.5) is 11.5 Å². The average Bonchev–Trinajstić information content (AvgIpc) is 2.72. The number of benzene rings is 1. The molecular formula is C24H35N5S. The minimum atomic E-state index is 0.462. The molecule has 1 saturated heterocycles. The van der Waals surface area contributed by atoms with Crippen LogP contribution in [-0.4, -0.2) is 54.3 Å². The van der Waals surface area contributed by atoms with Gasteiger partial charge in [0.2, 0.25) is 0 Å². The first-order chi connectivity index (χ1) is 14.4. The smallest absolute Gasteiger partial charge is 0.171 e. The lowest BCUT2D eigenvalue weighted by molar-refractivity contribution is 0.225. The van der Waals surface area contributed by atoms with E-state index < -0.39 is 0 Å². The van der Waals surface area contributed by atoms with Crippen LogP contribution in [0.25, 0.3) is 10.9 Å². The predicted octanol–water partition coefficient (Wildman–Crippen LogP) is 4.41. The summed E-state index contributed by atoms with van der Waals surface area (Å²) in [5, 5.41) is 8.87. The zero-order chi connectivity index (χ0) is 21.3. The second-order valence-corrected chi connectivity index (χ2v) is 9.70. The normalized spacial score (nSPS) is 25.3. The molecule has 2 fully saturated rings. The van der Waals surface area contributed by atoms with E-state index in [1.165, 1.54) is 30.2 Å². The van der Waals surface area contributed by atoms with Gasteiger partial charge in [0.1, 0.15) is 5.82 Å². The van der Waals surface area contributed by atoms with Gasteiger partial charge in [0.25, 0.3) is 0 Å². The summed E-state index contributed by atoms with van der Waals surface area (Å²) in [5.41, 5.74) is 3.32. The molecule has 0 spiro atoms. The van der Waals surface area contributed by atoms with Crippen molar-refractivity contribution in [3.63, 3.8) is 0 Å². The van der Waals surface area contributed by atoms with Gasteiger partial charge in [0.05, 0.1) is 5.52 Å². The zero-order valence-corrected chi connectivity index (χ0v) is 19.6. The summed E-state index contributed by atoms with van der Waals surface area (Å²) < 4.78 is 0. The van der Waals surface area contributed by atoms with Gasteiger partial charge in [-0.05, 0) is 74.3 Å². The molecule has 162 valence electrons. The van der Waals surface area contributed by atoms with E-state index in [2.05, 4.69) is 72.5 Å². The highest BCUT2D eigenvalue weighted by molar-refractivity contribution is 7.80. The van der Waals surface area contributed by atoms with Crippen LogP contribution in [0.5, 0.6) is 0 Å². The van der Waals surface area contributed by atoms with Crippen molar-refractivity contribution in [2.24, 2.45) is 11.8 Å². The van der Waals surface area contributed by atoms with Gasteiger partial charge in [-0.25, -0.2) is 4.98 Å². The van der Waals surface area contributed by atoms with Crippen LogP contribution in [0.3, 0.4) is 0 Å². The third-order valence-electron chi connectivity index (χ3n) is 7.11. The first-order valence-corrected chi connectivity index (χ1v) is 11.7. The first-order valence-electron chi connectivity index (χ1n) is 11.3. The van der Waals surface area contributed by atoms with Gasteiger partial charge >= 0.3 is 0 Å². The number of piperazine rings is 1. The standard InChI is InChI=1S/C24H35N5S/c1-16-6-5-7-21(18(16)3)27-24(30)25-19-8-9-22-20(15-19)17(2)14-23(26-22)29-12-10-28(4)11-13-29/h8-9,14-16,18,21H,5-7,10-13H2,1-4H3,(H2,25,27,30)/t16-,18+,21-/m1/s1. The largest absolute Gasteiger partial charge is 0.359 e. The monoisotopic (exact) mass is 425 g/mol. The minimum absolute atomic E-state index is 0.462. The van der Waals surface area contributed by atoms with E-state index in [-0.39, 0.29) is 0 Å². The number of hydrogen-bond donors (Lipinski definition) is 2. The Kier molecular flexibility index (Phi) is 6.44. The predicted molar refractivity (Wildman–Crippen MR) is 132 cm³/mol. The molecule has 0 amide bonds. The Balaban J connectivity index is 1.46. The highest BCUT2D eigenvalue weighted by Gasteiger charge is 2.27. The van der Waals surface area contributed by atoms with Crippen LogP contribution in [0.2, 0.25) is 0 Å². The summed E-state index contributed by atoms with van der Waals surface area (Å²) in [6, 6.07) is 9.05. The molecular weight excluding hydrogens is 390 g/mol. The molecule has 2 aliphatic rings. The maximum absolute atomic E-state index is 5.63. The molecule has 4 rings (SSSR count). The van der Waals surface area contributed by atoms with Crippen LogP contribution < -0.4 is 15.5 Å². The number of aryl methyl sites for hydroxylation is 1. The van der Waals surface area contributed by atoms with Gasteiger partial charge in [-0.3, -0.25) is 0 Å². The van der Waals surface area contributed by atoms with Crippen molar-refractivity contribution in [1.82, 2.24) is 15.2 Å². The Labute approximate surface area is 186 Å². The molecule has 5 nitrogen and oxygen atoms in total. The van der Waals surface area contributed by atoms with E-state index in [1.807, 2.05) is 0 Å². The van der Waals surface area contributed by atoms with Crippen molar-refractivity contribution < 1.29 is 0 Å². The number of likely N-dealkylation sites (N-methyl/N-ethyl adjacent to an activating group) is 1. The van der Waals surface area contributed by atoms with Crippen LogP contribution in [0.1, 0.15) is 38.7 Å². The molecule has 30 heavy (non-hydrogen) atoms. The molecule has 0 unspecified atom stereocenters. The van der Waals surface area contributed by atoms with E-state index in [4.69, 9.17) is 17.2 Å². The first kappa shape index (κ1) is 21.3. The molecule has 2 N–H and O–H groups in total. The molecule has 1 saturated carbocycles. The highest BCUT2D eigenvalue weighted by atomic mass is 32.1. The summed E-state index contributed by atoms with van der Waals surface area (Å²) in [4.78, 5) is 9.71. The average molecular weight is 426 g/mol. The Morgan fingerprint density at radius 1 is 1.10 bits per heavy atom. The number of hydrogen-bond acceptors (Lipinski definition) is 4. The Hall–Kier alpha value is -1.92. The van der Waals surface area contributed by atoms with Gasteiger partial charge in [0, 0.05) is 43.3 Å². The van der Waals surface area contributed by atoms with Crippen LogP contribution >= 0.6 is 12.2 Å². The van der Waals surface area contributed by atoms with Crippen LogP contribution in [-0.2, 0) is 0 Å². The number of rotatable bonds is 3. The molecule has 2 heterocycles. The second-order valence-electron chi connectivity index (χ2n) is 9.29. The van der Waals surface area contributed by atoms with Gasteiger partial charge in [-0.1, -0.05) is 26.7 Å². The summed E-state index contributed by atoms with van der Waals surface area (Å²) in [6.45, 7) is 11.1. The third-order valence-corrected chi connectivity index (χ3v) is 7.33. The molecule has 0 bridgehead atoms. The lowest BCUT2D eigenvalue weighted by Crippen LogP contribution is -2.45. The number of anilines is 2. The SMILES string of the molecule is Cc1cc(N2CCN(C)CC2)nc2ccc(NC(=S)N[C@@H]3CCC[C@@H](C)[C@@H]3C)cc12. The molecule has 0 radical (unpaired) electrons. The second kappa shape index (κ2) is 9.06. The number of thiocarbonyl (C=S) groups is 1. The zero-order valence-electron chi connectivity index (χ0n) is 18.7. The topological polar surface area (TPSA) is 43.4 Å². The Bertz CT molecular complexity index is 906. The summed E-state index contributed by atoms with van der Waals surface area (Å²) in [7, 11) is 2.18. The number of nitrogens with one attached hydrogen (secondary N) is 2. The van der Waals surface area contributed by atoms with E-state index >= 15 is 0 Å². The third kappa shape index (κ3) is 4.70. The van der Waals surface area contributed by atoms with Gasteiger partial charge < -0.3 is 20.4 Å². The molecule has 1 aliphatic heterocycles. The number of pyridine rings is 1. The maximum Gasteiger partial charge on any atom is 0.171 e. The number of nitrogens with zero attached hydrogens (tertiary/aromatic N) is 3. The lowest BCUT2D eigenvalue weighted by Gasteiger charge is -2.35. The Morgan fingerprint density at radius 3 is 2.63 bits per heavy atom. The van der Waals surface area contributed by atoms with E-state index in [0.717, 1.165) is 54.2 Å². The summed E-state index contributed by atoms with van der Waals surface area (Å²) in [6.07, 6.45) is 3.80. The molecule has 3 atom stereocenters. The van der Waals surface area contributed by atoms with E-state index in [1.54, 1.807) is 0 Å². The van der Waals surface area contributed by atoms with E-state index in [9.17, 15) is 0 Å². The van der Waals surface area contributed by atoms with Gasteiger partial charge in [0.15, 0.2) is 5.11 Å². The quantitative estimate of drug-likeness (QED) is 0.711. The fraction of sp³-hybridized carbons (Fsp3) is 0.583.